The first kappa shape index (κ1) is 92.1. The van der Waals surface area contributed by atoms with Crippen molar-refractivity contribution in [1.29, 1.82) is 0 Å². The van der Waals surface area contributed by atoms with Gasteiger partial charge in [-0.3, -0.25) is 37.3 Å². The highest BCUT2D eigenvalue weighted by Gasteiger charge is 2.30. The van der Waals surface area contributed by atoms with Crippen molar-refractivity contribution >= 4 is 39.5 Å². The Balaban J connectivity index is 5.18. The Morgan fingerprint density at radius 3 is 0.723 bits per heavy atom. The minimum Gasteiger partial charge on any atom is -0.462 e. The molecular weight excluding hydrogens is 1230 g/mol. The number of phosphoric acid groups is 2. The number of aliphatic hydroxyl groups excluding tert-OH is 1. The number of esters is 4. The van der Waals surface area contributed by atoms with Gasteiger partial charge in [0.15, 0.2) is 12.2 Å². The van der Waals surface area contributed by atoms with Crippen LogP contribution in [0.5, 0.6) is 0 Å². The maximum Gasteiger partial charge on any atom is 0.472 e. The Kier molecular flexibility index (Phi) is 65.5. The fourth-order valence-corrected chi connectivity index (χ4v) is 13.1. The number of rotatable bonds is 74. The molecular formula is C75H146O17P2. The van der Waals surface area contributed by atoms with E-state index in [9.17, 15) is 43.2 Å². The van der Waals surface area contributed by atoms with Crippen LogP contribution in [0.25, 0.3) is 0 Å². The van der Waals surface area contributed by atoms with Gasteiger partial charge in [0, 0.05) is 25.7 Å². The van der Waals surface area contributed by atoms with Gasteiger partial charge in [-0.25, -0.2) is 9.13 Å². The van der Waals surface area contributed by atoms with Crippen LogP contribution in [-0.4, -0.2) is 96.7 Å². The summed E-state index contributed by atoms with van der Waals surface area (Å²) in [5.41, 5.74) is 0. The Labute approximate surface area is 575 Å². The number of hydrogen-bond acceptors (Lipinski definition) is 15. The molecule has 0 rings (SSSR count). The summed E-state index contributed by atoms with van der Waals surface area (Å²) < 4.78 is 68.4. The molecule has 2 unspecified atom stereocenters. The topological polar surface area (TPSA) is 237 Å². The number of aliphatic hydroxyl groups is 1. The van der Waals surface area contributed by atoms with Gasteiger partial charge in [-0.2, -0.15) is 0 Å². The molecule has 0 heterocycles. The summed E-state index contributed by atoms with van der Waals surface area (Å²) >= 11 is 0. The smallest absolute Gasteiger partial charge is 0.462 e. The first-order chi connectivity index (χ1) is 45.4. The largest absolute Gasteiger partial charge is 0.472 e. The van der Waals surface area contributed by atoms with Crippen molar-refractivity contribution in [2.24, 2.45) is 11.8 Å². The van der Waals surface area contributed by atoms with Crippen LogP contribution in [0.3, 0.4) is 0 Å². The van der Waals surface area contributed by atoms with Crippen LogP contribution in [0.15, 0.2) is 0 Å². The quantitative estimate of drug-likeness (QED) is 0.0222. The third-order valence-corrected chi connectivity index (χ3v) is 19.4. The van der Waals surface area contributed by atoms with E-state index >= 15 is 0 Å². The predicted molar refractivity (Wildman–Crippen MR) is 381 cm³/mol. The Bertz CT molecular complexity index is 1820. The van der Waals surface area contributed by atoms with Gasteiger partial charge in [0.25, 0.3) is 0 Å². The molecule has 0 amide bonds. The molecule has 0 fully saturated rings. The molecule has 19 heteroatoms. The highest BCUT2D eigenvalue weighted by atomic mass is 31.2. The molecule has 0 aromatic rings. The summed E-state index contributed by atoms with van der Waals surface area (Å²) in [5.74, 6) is -0.599. The highest BCUT2D eigenvalue weighted by molar-refractivity contribution is 7.47. The summed E-state index contributed by atoms with van der Waals surface area (Å²) in [6, 6.07) is 0. The lowest BCUT2D eigenvalue weighted by Gasteiger charge is -2.21. The van der Waals surface area contributed by atoms with Gasteiger partial charge in [-0.05, 0) is 37.5 Å². The van der Waals surface area contributed by atoms with Crippen LogP contribution in [-0.2, 0) is 65.4 Å². The average Bonchev–Trinajstić information content (AvgIpc) is 1.69. The van der Waals surface area contributed by atoms with Crippen molar-refractivity contribution in [3.8, 4) is 0 Å². The molecule has 0 radical (unpaired) electrons. The monoisotopic (exact) mass is 1380 g/mol. The Morgan fingerprint density at radius 2 is 0.489 bits per heavy atom. The van der Waals surface area contributed by atoms with Crippen LogP contribution >= 0.6 is 15.6 Å². The molecule has 0 saturated carbocycles. The van der Waals surface area contributed by atoms with Crippen LogP contribution in [0, 0.1) is 11.8 Å². The van der Waals surface area contributed by atoms with Gasteiger partial charge >= 0.3 is 39.5 Å². The molecule has 0 aliphatic carbocycles. The van der Waals surface area contributed by atoms with E-state index in [1.54, 1.807) is 0 Å². The lowest BCUT2D eigenvalue weighted by atomic mass is 10.0. The zero-order valence-electron chi connectivity index (χ0n) is 61.3. The molecule has 0 bridgehead atoms. The first-order valence-corrected chi connectivity index (χ1v) is 42.0. The minimum atomic E-state index is -4.96. The number of unbranched alkanes of at least 4 members (excludes halogenated alkanes) is 44. The maximum atomic E-state index is 13.1. The van der Waals surface area contributed by atoms with Crippen molar-refractivity contribution in [3.05, 3.63) is 0 Å². The second kappa shape index (κ2) is 66.9. The summed E-state index contributed by atoms with van der Waals surface area (Å²) in [4.78, 5) is 72.6. The van der Waals surface area contributed by atoms with Crippen LogP contribution < -0.4 is 0 Å². The van der Waals surface area contributed by atoms with Crippen LogP contribution in [0.4, 0.5) is 0 Å². The van der Waals surface area contributed by atoms with Crippen molar-refractivity contribution in [1.82, 2.24) is 0 Å². The van der Waals surface area contributed by atoms with Gasteiger partial charge in [0.1, 0.15) is 19.3 Å². The third-order valence-electron chi connectivity index (χ3n) is 17.5. The maximum absolute atomic E-state index is 13.1. The van der Waals surface area contributed by atoms with Crippen LogP contribution in [0.2, 0.25) is 0 Å². The molecule has 0 aromatic heterocycles. The van der Waals surface area contributed by atoms with E-state index in [1.807, 2.05) is 0 Å². The minimum absolute atomic E-state index is 0.106. The zero-order chi connectivity index (χ0) is 69.3. The van der Waals surface area contributed by atoms with Crippen LogP contribution in [0.1, 0.15) is 388 Å². The number of carbonyl (C=O) groups excluding carboxylic acids is 4. The number of carbonyl (C=O) groups is 4. The average molecular weight is 1380 g/mol. The van der Waals surface area contributed by atoms with Gasteiger partial charge in [-0.1, -0.05) is 337 Å². The lowest BCUT2D eigenvalue weighted by molar-refractivity contribution is -0.161. The van der Waals surface area contributed by atoms with Gasteiger partial charge in [0.2, 0.25) is 0 Å². The van der Waals surface area contributed by atoms with E-state index in [-0.39, 0.29) is 25.7 Å². The molecule has 17 nitrogen and oxygen atoms in total. The molecule has 0 spiro atoms. The molecule has 0 saturated heterocycles. The van der Waals surface area contributed by atoms with E-state index in [2.05, 4.69) is 41.5 Å². The van der Waals surface area contributed by atoms with Crippen molar-refractivity contribution < 1.29 is 80.2 Å². The summed E-state index contributed by atoms with van der Waals surface area (Å²) in [5, 5.41) is 10.6. The Morgan fingerprint density at radius 1 is 0.287 bits per heavy atom. The second-order valence-corrected chi connectivity index (χ2v) is 30.9. The van der Waals surface area contributed by atoms with Gasteiger partial charge < -0.3 is 33.8 Å². The van der Waals surface area contributed by atoms with E-state index in [4.69, 9.17) is 37.0 Å². The molecule has 0 aromatic carbocycles. The second-order valence-electron chi connectivity index (χ2n) is 28.0. The fourth-order valence-electron chi connectivity index (χ4n) is 11.5. The third kappa shape index (κ3) is 68.6. The summed E-state index contributed by atoms with van der Waals surface area (Å²) in [7, 11) is -9.90. The van der Waals surface area contributed by atoms with Crippen molar-refractivity contribution in [3.63, 3.8) is 0 Å². The van der Waals surface area contributed by atoms with Crippen molar-refractivity contribution in [2.45, 2.75) is 407 Å². The fraction of sp³-hybridized carbons (Fsp3) is 0.947. The molecule has 0 aliphatic heterocycles. The standard InChI is InChI=1S/C75H146O17P2/c1-7-9-11-13-15-16-17-18-19-20-21-22-23-24-25-28-35-41-47-53-59-74(79)92-71(64-86-73(78)58-52-46-40-34-29-26-27-32-38-43-49-55-67(3)4)66-90-94(83,84)88-62-69(76)61-87-93(81,82)89-65-70(63-85-72(77)57-51-45-37-14-12-10-8-2)91-75(80)60-54-48-42-36-31-30-33-39-44-50-56-68(5)6/h67-71,76H,7-66H2,1-6H3,(H,81,82)(H,83,84)/t69-,70+,71+/m0/s1. The first-order valence-electron chi connectivity index (χ1n) is 39.0. The molecule has 94 heavy (non-hydrogen) atoms. The zero-order valence-corrected chi connectivity index (χ0v) is 63.1. The lowest BCUT2D eigenvalue weighted by Crippen LogP contribution is -2.30. The van der Waals surface area contributed by atoms with Gasteiger partial charge in [-0.15, -0.1) is 0 Å². The highest BCUT2D eigenvalue weighted by Crippen LogP contribution is 2.45. The SMILES string of the molecule is CCCCCCCCCCCCCCCCCCCCCCC(=O)O[C@H](COC(=O)CCCCCCCCCCCCCC(C)C)COP(=O)(O)OC[C@@H](O)COP(=O)(O)OC[C@@H](COC(=O)CCCCCCCCC)OC(=O)CCCCCCCCCCCCC(C)C. The number of phosphoric ester groups is 2. The van der Waals surface area contributed by atoms with Crippen molar-refractivity contribution in [2.75, 3.05) is 39.6 Å². The molecule has 3 N–H and O–H groups in total. The normalized spacial score (nSPS) is 14.0. The van der Waals surface area contributed by atoms with E-state index in [0.717, 1.165) is 115 Å². The number of ether oxygens (including phenoxy) is 4. The van der Waals surface area contributed by atoms with E-state index in [0.29, 0.717) is 25.7 Å². The summed E-state index contributed by atoms with van der Waals surface area (Å²) in [6.07, 6.45) is 54.3. The van der Waals surface area contributed by atoms with Gasteiger partial charge in [0.05, 0.1) is 26.4 Å². The Hall–Kier alpha value is -1.94. The van der Waals surface area contributed by atoms with E-state index < -0.39 is 97.5 Å². The van der Waals surface area contributed by atoms with E-state index in [1.165, 1.54) is 193 Å². The molecule has 0 aliphatic rings. The number of hydrogen-bond donors (Lipinski definition) is 3. The summed E-state index contributed by atoms with van der Waals surface area (Å²) in [6.45, 7) is 9.54. The molecule has 558 valence electrons. The predicted octanol–water partition coefficient (Wildman–Crippen LogP) is 21.9. The molecule has 5 atom stereocenters.